The van der Waals surface area contributed by atoms with Crippen LogP contribution in [0.25, 0.3) is 11.2 Å². The molecular weight excluding hydrogens is 522 g/mol. The molecule has 12 heteroatoms. The number of carboxylic acids is 1. The minimum absolute atomic E-state index is 0.384. The Morgan fingerprint density at radius 3 is 2.95 bits per heavy atom. The fraction of sp³-hybridized carbons (Fsp3) is 0.448. The second-order valence-electron chi connectivity index (χ2n) is 10.2. The van der Waals surface area contributed by atoms with E-state index in [0.29, 0.717) is 43.1 Å². The van der Waals surface area contributed by atoms with Gasteiger partial charge in [0.05, 0.1) is 12.0 Å². The molecular formula is C29H37N9O3. The van der Waals surface area contributed by atoms with Gasteiger partial charge in [0.15, 0.2) is 11.5 Å². The number of pyridine rings is 2. The topological polar surface area (TPSA) is 154 Å². The first-order chi connectivity index (χ1) is 20.1. The van der Waals surface area contributed by atoms with Crippen LogP contribution in [-0.4, -0.2) is 84.7 Å². The van der Waals surface area contributed by atoms with Crippen LogP contribution in [0.3, 0.4) is 0 Å². The lowest BCUT2D eigenvalue weighted by molar-refractivity contribution is -0.138. The summed E-state index contributed by atoms with van der Waals surface area (Å²) < 4.78 is 6.00. The number of fused-ring (bicyclic) bond motifs is 2. The predicted molar refractivity (Wildman–Crippen MR) is 156 cm³/mol. The van der Waals surface area contributed by atoms with Crippen LogP contribution < -0.4 is 15.4 Å². The molecule has 0 aromatic carbocycles. The minimum Gasteiger partial charge on any atom is -0.490 e. The molecule has 0 saturated carbocycles. The van der Waals surface area contributed by atoms with Crippen molar-refractivity contribution in [1.29, 1.82) is 0 Å². The first-order valence-corrected chi connectivity index (χ1v) is 14.2. The molecule has 0 fully saturated rings. The lowest BCUT2D eigenvalue weighted by Crippen LogP contribution is -2.37. The number of unbranched alkanes of at least 4 members (excludes halogenated alkanes) is 1. The summed E-state index contributed by atoms with van der Waals surface area (Å²) in [6, 6.07) is 7.27. The second kappa shape index (κ2) is 13.8. The Morgan fingerprint density at radius 2 is 2.07 bits per heavy atom. The summed E-state index contributed by atoms with van der Waals surface area (Å²) in [6.45, 7) is 5.45. The number of H-pyrrole nitrogens is 1. The molecule has 1 atom stereocenters. The standard InChI is InChI=1S/C29H37N9O3/c1-20-24(8-5-12-30-20)41-17-16-38(14-3-2-7-22-10-9-21-6-4-13-31-26(21)36-22)15-11-23(29(39)40)37-28-25-27(33-18-32-25)34-19-35-28/h5,8-10,12,18-19,23H,2-4,6-7,11,13-17H2,1H3,(H,31,36)(H,39,40)(H2,32,33,34,35,37)/t23-/m0/s1. The van der Waals surface area contributed by atoms with Crippen LogP contribution in [0.4, 0.5) is 11.6 Å². The second-order valence-corrected chi connectivity index (χ2v) is 10.2. The number of hydrogen-bond donors (Lipinski definition) is 4. The van der Waals surface area contributed by atoms with Gasteiger partial charge in [0.1, 0.15) is 36.1 Å². The summed E-state index contributed by atoms with van der Waals surface area (Å²) in [7, 11) is 0. The maximum Gasteiger partial charge on any atom is 0.326 e. The normalized spacial score (nSPS) is 13.5. The fourth-order valence-electron chi connectivity index (χ4n) is 5.00. The Hall–Kier alpha value is -4.32. The summed E-state index contributed by atoms with van der Waals surface area (Å²) in [5.41, 5.74) is 4.31. The lowest BCUT2D eigenvalue weighted by atomic mass is 10.1. The van der Waals surface area contributed by atoms with Gasteiger partial charge >= 0.3 is 5.97 Å². The van der Waals surface area contributed by atoms with E-state index in [1.54, 1.807) is 6.20 Å². The van der Waals surface area contributed by atoms with E-state index in [2.05, 4.69) is 52.6 Å². The predicted octanol–water partition coefficient (Wildman–Crippen LogP) is 3.47. The van der Waals surface area contributed by atoms with Crippen LogP contribution in [0.5, 0.6) is 5.75 Å². The molecule has 12 nitrogen and oxygen atoms in total. The molecule has 4 aromatic rings. The first-order valence-electron chi connectivity index (χ1n) is 14.2. The molecule has 0 radical (unpaired) electrons. The van der Waals surface area contributed by atoms with E-state index in [1.165, 1.54) is 18.2 Å². The molecule has 5 rings (SSSR count). The van der Waals surface area contributed by atoms with Gasteiger partial charge in [0, 0.05) is 31.5 Å². The molecule has 0 amide bonds. The van der Waals surface area contributed by atoms with E-state index >= 15 is 0 Å². The molecule has 216 valence electrons. The number of nitrogens with zero attached hydrogens (tertiary/aromatic N) is 6. The number of carbonyl (C=O) groups is 1. The zero-order valence-corrected chi connectivity index (χ0v) is 23.3. The van der Waals surface area contributed by atoms with Crippen molar-refractivity contribution in [3.8, 4) is 5.75 Å². The van der Waals surface area contributed by atoms with Gasteiger partial charge in [-0.3, -0.25) is 9.88 Å². The number of carboxylic acid groups (broad SMARTS) is 1. The van der Waals surface area contributed by atoms with Crippen LogP contribution in [0, 0.1) is 6.92 Å². The van der Waals surface area contributed by atoms with Crippen molar-refractivity contribution in [3.05, 3.63) is 60.1 Å². The number of hydrogen-bond acceptors (Lipinski definition) is 10. The molecule has 4 aromatic heterocycles. The Labute approximate surface area is 239 Å². The van der Waals surface area contributed by atoms with E-state index in [4.69, 9.17) is 9.72 Å². The molecule has 5 heterocycles. The maximum absolute atomic E-state index is 12.2. The van der Waals surface area contributed by atoms with Gasteiger partial charge in [0.25, 0.3) is 0 Å². The van der Waals surface area contributed by atoms with Crippen molar-refractivity contribution < 1.29 is 14.6 Å². The SMILES string of the molecule is Cc1ncccc1OCCN(CCCCc1ccc2c(n1)NCCC2)CC[C@H](Nc1ncnc2[nH]cnc12)C(=O)O. The number of nitrogens with one attached hydrogen (secondary N) is 3. The van der Waals surface area contributed by atoms with Gasteiger partial charge in [-0.1, -0.05) is 6.07 Å². The number of aromatic amines is 1. The van der Waals surface area contributed by atoms with Gasteiger partial charge in [0.2, 0.25) is 0 Å². The molecule has 0 saturated heterocycles. The summed E-state index contributed by atoms with van der Waals surface area (Å²) in [6.07, 6.45) is 10.1. The van der Waals surface area contributed by atoms with E-state index < -0.39 is 12.0 Å². The van der Waals surface area contributed by atoms with Gasteiger partial charge in [-0.2, -0.15) is 0 Å². The van der Waals surface area contributed by atoms with Crippen LogP contribution in [0.15, 0.2) is 43.1 Å². The van der Waals surface area contributed by atoms with E-state index in [-0.39, 0.29) is 0 Å². The van der Waals surface area contributed by atoms with Crippen molar-refractivity contribution in [2.75, 3.05) is 43.4 Å². The van der Waals surface area contributed by atoms with E-state index in [1.807, 2.05) is 19.1 Å². The van der Waals surface area contributed by atoms with Crippen molar-refractivity contribution in [2.45, 2.75) is 51.5 Å². The molecule has 1 aliphatic rings. The van der Waals surface area contributed by atoms with Crippen LogP contribution >= 0.6 is 0 Å². The number of aliphatic carboxylic acids is 1. The third kappa shape index (κ3) is 7.66. The van der Waals surface area contributed by atoms with E-state index in [0.717, 1.165) is 68.1 Å². The molecule has 0 aliphatic carbocycles. The van der Waals surface area contributed by atoms with Crippen molar-refractivity contribution >= 4 is 28.8 Å². The summed E-state index contributed by atoms with van der Waals surface area (Å²) in [5.74, 6) is 1.25. The Morgan fingerprint density at radius 1 is 1.15 bits per heavy atom. The summed E-state index contributed by atoms with van der Waals surface area (Å²) in [4.78, 5) is 39.0. The van der Waals surface area contributed by atoms with Gasteiger partial charge in [-0.15, -0.1) is 0 Å². The number of rotatable bonds is 15. The Balaban J connectivity index is 1.17. The number of aryl methyl sites for hydroxylation is 3. The smallest absolute Gasteiger partial charge is 0.326 e. The van der Waals surface area contributed by atoms with Crippen LogP contribution in [0.2, 0.25) is 0 Å². The lowest BCUT2D eigenvalue weighted by Gasteiger charge is -2.25. The number of aromatic nitrogens is 6. The highest BCUT2D eigenvalue weighted by Crippen LogP contribution is 2.21. The van der Waals surface area contributed by atoms with Crippen molar-refractivity contribution in [2.24, 2.45) is 0 Å². The zero-order valence-electron chi connectivity index (χ0n) is 23.3. The quantitative estimate of drug-likeness (QED) is 0.158. The zero-order chi connectivity index (χ0) is 28.4. The molecule has 0 unspecified atom stereocenters. The van der Waals surface area contributed by atoms with Gasteiger partial charge < -0.3 is 25.5 Å². The first kappa shape index (κ1) is 28.2. The number of imidazole rings is 1. The monoisotopic (exact) mass is 559 g/mol. The molecule has 0 spiro atoms. The van der Waals surface area contributed by atoms with Crippen molar-refractivity contribution in [3.63, 3.8) is 0 Å². The highest BCUT2D eigenvalue weighted by atomic mass is 16.5. The maximum atomic E-state index is 12.2. The fourth-order valence-corrected chi connectivity index (χ4v) is 5.00. The third-order valence-electron chi connectivity index (χ3n) is 7.29. The van der Waals surface area contributed by atoms with Crippen LogP contribution in [0.1, 0.15) is 42.6 Å². The average Bonchev–Trinajstić information content (AvgIpc) is 3.47. The summed E-state index contributed by atoms with van der Waals surface area (Å²) >= 11 is 0. The van der Waals surface area contributed by atoms with Crippen LogP contribution in [-0.2, 0) is 17.6 Å². The Kier molecular flexibility index (Phi) is 9.53. The van der Waals surface area contributed by atoms with Gasteiger partial charge in [-0.25, -0.2) is 24.7 Å². The van der Waals surface area contributed by atoms with E-state index in [9.17, 15) is 9.90 Å². The molecule has 1 aliphatic heterocycles. The highest BCUT2D eigenvalue weighted by Gasteiger charge is 2.21. The molecule has 4 N–H and O–H groups in total. The summed E-state index contributed by atoms with van der Waals surface area (Å²) in [5, 5.41) is 16.4. The number of ether oxygens (including phenoxy) is 1. The highest BCUT2D eigenvalue weighted by molar-refractivity contribution is 5.85. The Bertz CT molecular complexity index is 1440. The van der Waals surface area contributed by atoms with Crippen molar-refractivity contribution in [1.82, 2.24) is 34.8 Å². The van der Waals surface area contributed by atoms with Gasteiger partial charge in [-0.05, 0) is 75.8 Å². The molecule has 0 bridgehead atoms. The third-order valence-corrected chi connectivity index (χ3v) is 7.29. The largest absolute Gasteiger partial charge is 0.490 e. The minimum atomic E-state index is -0.943. The number of anilines is 2. The molecule has 41 heavy (non-hydrogen) atoms. The average molecular weight is 560 g/mol.